The summed E-state index contributed by atoms with van der Waals surface area (Å²) in [4.78, 5) is 33.4. The van der Waals surface area contributed by atoms with E-state index in [1.165, 1.54) is 23.4 Å². The predicted molar refractivity (Wildman–Crippen MR) is 89.1 cm³/mol. The average molecular weight is 364 g/mol. The van der Waals surface area contributed by atoms with E-state index < -0.39 is 23.7 Å². The zero-order chi connectivity index (χ0) is 18.1. The third kappa shape index (κ3) is 3.25. The molecule has 1 aliphatic carbocycles. The molecule has 0 spiro atoms. The first-order valence-corrected chi connectivity index (χ1v) is 7.90. The third-order valence-corrected chi connectivity index (χ3v) is 4.33. The molecule has 2 amide bonds. The number of nitrogens with zero attached hydrogens (tertiary/aromatic N) is 3. The Morgan fingerprint density at radius 2 is 2.04 bits per heavy atom. The molecular weight excluding hydrogens is 349 g/mol. The Morgan fingerprint density at radius 3 is 2.72 bits per heavy atom. The minimum atomic E-state index is -0.702. The summed E-state index contributed by atoms with van der Waals surface area (Å²) < 4.78 is 14.1. The molecule has 3 rings (SSSR count). The van der Waals surface area contributed by atoms with Crippen molar-refractivity contribution in [2.24, 2.45) is 5.73 Å². The number of aromatic nitrogens is 2. The summed E-state index contributed by atoms with van der Waals surface area (Å²) in [6.45, 7) is -0.354. The number of hydrogen-bond acceptors (Lipinski definition) is 5. The lowest BCUT2D eigenvalue weighted by Crippen LogP contribution is -2.41. The van der Waals surface area contributed by atoms with Crippen molar-refractivity contribution in [3.05, 3.63) is 52.2 Å². The van der Waals surface area contributed by atoms with Crippen LogP contribution in [0.15, 0.2) is 24.5 Å². The van der Waals surface area contributed by atoms with E-state index in [1.807, 2.05) is 0 Å². The topological polar surface area (TPSA) is 115 Å². The van der Waals surface area contributed by atoms with Crippen LogP contribution in [-0.4, -0.2) is 33.2 Å². The highest BCUT2D eigenvalue weighted by Crippen LogP contribution is 2.39. The monoisotopic (exact) mass is 363 g/mol. The maximum Gasteiger partial charge on any atom is 0.277 e. The fraction of sp³-hybridized carbons (Fsp3) is 0.250. The van der Waals surface area contributed by atoms with Crippen LogP contribution >= 0.6 is 11.6 Å². The molecule has 1 aromatic carbocycles. The van der Waals surface area contributed by atoms with Crippen molar-refractivity contribution in [1.82, 2.24) is 14.9 Å². The van der Waals surface area contributed by atoms with Gasteiger partial charge < -0.3 is 16.4 Å². The summed E-state index contributed by atoms with van der Waals surface area (Å²) in [7, 11) is 0. The fourth-order valence-corrected chi connectivity index (χ4v) is 3.30. The zero-order valence-electron chi connectivity index (χ0n) is 13.1. The Hall–Kier alpha value is -2.74. The molecule has 1 atom stereocenters. The number of nitrogens with two attached hydrogens (primary N) is 2. The van der Waals surface area contributed by atoms with Crippen molar-refractivity contribution in [1.29, 1.82) is 0 Å². The van der Waals surface area contributed by atoms with Crippen LogP contribution in [0.1, 0.15) is 34.1 Å². The second kappa shape index (κ2) is 6.64. The highest BCUT2D eigenvalue weighted by molar-refractivity contribution is 6.30. The SMILES string of the molecule is NC(=O)CN(C(=O)c1nccnc1N)[C@@H]1CCc2c(F)cc(Cl)cc21. The number of primary amides is 1. The number of benzene rings is 1. The number of fused-ring (bicyclic) bond motifs is 1. The van der Waals surface area contributed by atoms with Crippen LogP contribution in [0.25, 0.3) is 0 Å². The molecule has 2 aromatic rings. The lowest BCUT2D eigenvalue weighted by atomic mass is 10.1. The van der Waals surface area contributed by atoms with E-state index in [4.69, 9.17) is 23.1 Å². The Kier molecular flexibility index (Phi) is 4.54. The summed E-state index contributed by atoms with van der Waals surface area (Å²) in [5, 5.41) is 0.216. The molecule has 0 bridgehead atoms. The lowest BCUT2D eigenvalue weighted by molar-refractivity contribution is -0.119. The number of nitrogen functional groups attached to an aromatic ring is 1. The van der Waals surface area contributed by atoms with Crippen LogP contribution in [0.5, 0.6) is 0 Å². The molecule has 0 aliphatic heterocycles. The van der Waals surface area contributed by atoms with Gasteiger partial charge in [-0.25, -0.2) is 14.4 Å². The standard InChI is InChI=1S/C16H15ClFN5O2/c17-8-5-10-9(11(18)6-8)1-2-12(10)23(7-13(19)24)16(25)14-15(20)22-4-3-21-14/h3-6,12H,1-2,7H2,(H2,19,24)(H2,20,22)/t12-/m1/s1. The summed E-state index contributed by atoms with van der Waals surface area (Å²) >= 11 is 5.95. The second-order valence-corrected chi connectivity index (χ2v) is 6.14. The highest BCUT2D eigenvalue weighted by Gasteiger charge is 2.35. The van der Waals surface area contributed by atoms with E-state index in [2.05, 4.69) is 9.97 Å². The second-order valence-electron chi connectivity index (χ2n) is 5.70. The molecule has 1 heterocycles. The van der Waals surface area contributed by atoms with Crippen LogP contribution in [0.3, 0.4) is 0 Å². The smallest absolute Gasteiger partial charge is 0.277 e. The summed E-state index contributed by atoms with van der Waals surface area (Å²) in [6, 6.07) is 2.27. The van der Waals surface area contributed by atoms with E-state index in [-0.39, 0.29) is 23.1 Å². The highest BCUT2D eigenvalue weighted by atomic mass is 35.5. The summed E-state index contributed by atoms with van der Waals surface area (Å²) in [6.07, 6.45) is 3.53. The van der Waals surface area contributed by atoms with Crippen molar-refractivity contribution < 1.29 is 14.0 Å². The molecule has 0 saturated carbocycles. The van der Waals surface area contributed by atoms with Gasteiger partial charge in [-0.3, -0.25) is 9.59 Å². The van der Waals surface area contributed by atoms with Crippen molar-refractivity contribution in [3.63, 3.8) is 0 Å². The van der Waals surface area contributed by atoms with Crippen molar-refractivity contribution in [2.75, 3.05) is 12.3 Å². The molecule has 0 radical (unpaired) electrons. The van der Waals surface area contributed by atoms with Crippen LogP contribution < -0.4 is 11.5 Å². The number of carbonyl (C=O) groups excluding carboxylic acids is 2. The maximum absolute atomic E-state index is 14.1. The van der Waals surface area contributed by atoms with Gasteiger partial charge in [0.05, 0.1) is 6.04 Å². The molecule has 0 saturated heterocycles. The van der Waals surface area contributed by atoms with Gasteiger partial charge in [0.15, 0.2) is 11.5 Å². The van der Waals surface area contributed by atoms with Crippen molar-refractivity contribution in [2.45, 2.75) is 18.9 Å². The number of halogens is 2. The van der Waals surface area contributed by atoms with Crippen LogP contribution in [0.2, 0.25) is 5.02 Å². The van der Waals surface area contributed by atoms with Gasteiger partial charge in [0.1, 0.15) is 12.4 Å². The van der Waals surface area contributed by atoms with E-state index in [1.54, 1.807) is 6.07 Å². The van der Waals surface area contributed by atoms with Crippen LogP contribution in [0, 0.1) is 5.82 Å². The van der Waals surface area contributed by atoms with E-state index >= 15 is 0 Å². The minimum Gasteiger partial charge on any atom is -0.382 e. The number of amides is 2. The van der Waals surface area contributed by atoms with Gasteiger partial charge >= 0.3 is 0 Å². The lowest BCUT2D eigenvalue weighted by Gasteiger charge is -2.28. The molecule has 0 fully saturated rings. The van der Waals surface area contributed by atoms with Gasteiger partial charge in [-0.2, -0.15) is 0 Å². The van der Waals surface area contributed by atoms with E-state index in [9.17, 15) is 14.0 Å². The Morgan fingerprint density at radius 1 is 1.32 bits per heavy atom. The minimum absolute atomic E-state index is 0.0579. The number of rotatable bonds is 4. The molecule has 25 heavy (non-hydrogen) atoms. The molecule has 4 N–H and O–H groups in total. The fourth-order valence-electron chi connectivity index (χ4n) is 3.09. The molecule has 1 aromatic heterocycles. The largest absolute Gasteiger partial charge is 0.382 e. The quantitative estimate of drug-likeness (QED) is 0.853. The molecule has 130 valence electrons. The van der Waals surface area contributed by atoms with E-state index in [0.29, 0.717) is 24.0 Å². The normalized spacial score (nSPS) is 15.7. The van der Waals surface area contributed by atoms with Gasteiger partial charge in [0, 0.05) is 17.4 Å². The van der Waals surface area contributed by atoms with Gasteiger partial charge in [0.2, 0.25) is 5.91 Å². The maximum atomic E-state index is 14.1. The first kappa shape index (κ1) is 17.1. The number of hydrogen-bond donors (Lipinski definition) is 2. The van der Waals surface area contributed by atoms with Gasteiger partial charge in [-0.1, -0.05) is 11.6 Å². The first-order chi connectivity index (χ1) is 11.9. The zero-order valence-corrected chi connectivity index (χ0v) is 13.8. The third-order valence-electron chi connectivity index (χ3n) is 4.11. The Bertz CT molecular complexity index is 860. The molecule has 0 unspecified atom stereocenters. The molecule has 7 nitrogen and oxygen atoms in total. The molecular formula is C16H15ClFN5O2. The first-order valence-electron chi connectivity index (χ1n) is 7.52. The van der Waals surface area contributed by atoms with Gasteiger partial charge in [0.25, 0.3) is 5.91 Å². The Labute approximate surface area is 147 Å². The van der Waals surface area contributed by atoms with Gasteiger partial charge in [-0.15, -0.1) is 0 Å². The predicted octanol–water partition coefficient (Wildman–Crippen LogP) is 1.47. The average Bonchev–Trinajstić information content (AvgIpc) is 2.96. The Balaban J connectivity index is 2.03. The molecule has 9 heteroatoms. The van der Waals surface area contributed by atoms with Gasteiger partial charge in [-0.05, 0) is 36.1 Å². The number of anilines is 1. The number of carbonyl (C=O) groups is 2. The van der Waals surface area contributed by atoms with E-state index in [0.717, 1.165) is 0 Å². The summed E-state index contributed by atoms with van der Waals surface area (Å²) in [5.41, 5.74) is 12.0. The summed E-state index contributed by atoms with van der Waals surface area (Å²) in [5.74, 6) is -1.79. The van der Waals surface area contributed by atoms with Crippen molar-refractivity contribution in [3.8, 4) is 0 Å². The van der Waals surface area contributed by atoms with Crippen LogP contribution in [-0.2, 0) is 11.2 Å². The van der Waals surface area contributed by atoms with Crippen LogP contribution in [0.4, 0.5) is 10.2 Å². The van der Waals surface area contributed by atoms with Crippen molar-refractivity contribution >= 4 is 29.2 Å². The molecule has 1 aliphatic rings.